The summed E-state index contributed by atoms with van der Waals surface area (Å²) >= 11 is 8.99. The van der Waals surface area contributed by atoms with Crippen molar-refractivity contribution < 1.29 is 9.59 Å². The molecule has 2 aromatic carbocycles. The largest absolute Gasteiger partial charge is 0.312 e. The summed E-state index contributed by atoms with van der Waals surface area (Å²) in [5, 5.41) is 4.00. The van der Waals surface area contributed by atoms with Gasteiger partial charge in [0.25, 0.3) is 0 Å². The number of rotatable bonds is 4. The van der Waals surface area contributed by atoms with E-state index in [0.717, 1.165) is 20.8 Å². The van der Waals surface area contributed by atoms with Gasteiger partial charge in [0.1, 0.15) is 0 Å². The van der Waals surface area contributed by atoms with Crippen molar-refractivity contribution in [1.29, 1.82) is 0 Å². The van der Waals surface area contributed by atoms with E-state index in [1.807, 2.05) is 42.7 Å². The molecule has 1 fully saturated rings. The van der Waals surface area contributed by atoms with Gasteiger partial charge >= 0.3 is 0 Å². The summed E-state index contributed by atoms with van der Waals surface area (Å²) in [4.78, 5) is 32.3. The van der Waals surface area contributed by atoms with Gasteiger partial charge in [0.05, 0.1) is 16.1 Å². The first kappa shape index (κ1) is 18.3. The second kappa shape index (κ2) is 7.50. The quantitative estimate of drug-likeness (QED) is 0.627. The number of nitrogens with one attached hydrogen (secondary N) is 1. The predicted molar refractivity (Wildman–Crippen MR) is 112 cm³/mol. The van der Waals surface area contributed by atoms with Crippen molar-refractivity contribution in [3.63, 3.8) is 0 Å². The number of aromatic nitrogens is 1. The van der Waals surface area contributed by atoms with Crippen LogP contribution in [-0.2, 0) is 9.59 Å². The molecule has 1 aromatic heterocycles. The summed E-state index contributed by atoms with van der Waals surface area (Å²) in [7, 11) is 0. The van der Waals surface area contributed by atoms with Gasteiger partial charge in [0.2, 0.25) is 11.8 Å². The van der Waals surface area contributed by atoms with E-state index in [1.165, 1.54) is 11.3 Å². The Hall–Kier alpha value is -2.09. The number of fused-ring (bicyclic) bond motifs is 1. The van der Waals surface area contributed by atoms with Crippen molar-refractivity contribution >= 4 is 67.5 Å². The van der Waals surface area contributed by atoms with Crippen LogP contribution in [0.2, 0.25) is 5.02 Å². The molecule has 1 atom stereocenters. The highest BCUT2D eigenvalue weighted by atomic mass is 35.5. The molecule has 2 amide bonds. The number of thiazole rings is 1. The van der Waals surface area contributed by atoms with E-state index in [1.54, 1.807) is 22.7 Å². The Morgan fingerprint density at radius 3 is 3.00 bits per heavy atom. The summed E-state index contributed by atoms with van der Waals surface area (Å²) in [6, 6.07) is 13.2. The molecule has 1 N–H and O–H groups in total. The minimum absolute atomic E-state index is 0.0375. The molecule has 0 aliphatic carbocycles. The van der Waals surface area contributed by atoms with E-state index in [2.05, 4.69) is 10.3 Å². The lowest BCUT2D eigenvalue weighted by Gasteiger charge is -2.17. The summed E-state index contributed by atoms with van der Waals surface area (Å²) in [6.07, 6.45) is 2.19. The van der Waals surface area contributed by atoms with Gasteiger partial charge in [-0.25, -0.2) is 4.98 Å². The predicted octanol–water partition coefficient (Wildman–Crippen LogP) is 4.66. The van der Waals surface area contributed by atoms with Crippen LogP contribution >= 0.6 is 34.7 Å². The van der Waals surface area contributed by atoms with Crippen molar-refractivity contribution in [3.8, 4) is 0 Å². The molecule has 1 saturated heterocycles. The van der Waals surface area contributed by atoms with Gasteiger partial charge in [0, 0.05) is 28.6 Å². The zero-order valence-electron chi connectivity index (χ0n) is 14.4. The van der Waals surface area contributed by atoms with Crippen LogP contribution in [0.25, 0.3) is 10.2 Å². The van der Waals surface area contributed by atoms with Crippen LogP contribution in [0.3, 0.4) is 0 Å². The van der Waals surface area contributed by atoms with Crippen LogP contribution < -0.4 is 10.2 Å². The van der Waals surface area contributed by atoms with Crippen LogP contribution in [0.5, 0.6) is 0 Å². The molecule has 0 saturated carbocycles. The molecule has 0 spiro atoms. The zero-order chi connectivity index (χ0) is 19.0. The van der Waals surface area contributed by atoms with Gasteiger partial charge in [-0.1, -0.05) is 29.0 Å². The van der Waals surface area contributed by atoms with Gasteiger partial charge in [-0.15, -0.1) is 11.8 Å². The normalized spacial score (nSPS) is 16.9. The number of hydrogen-bond donors (Lipinski definition) is 1. The molecule has 138 valence electrons. The molecule has 5 nitrogen and oxygen atoms in total. The number of nitrogens with zero attached hydrogens (tertiary/aromatic N) is 2. The van der Waals surface area contributed by atoms with Crippen molar-refractivity contribution in [2.75, 3.05) is 23.0 Å². The fourth-order valence-corrected chi connectivity index (χ4v) is 4.67. The number of halogens is 1. The Morgan fingerprint density at radius 2 is 2.19 bits per heavy atom. The molecule has 1 aliphatic heterocycles. The Morgan fingerprint density at radius 1 is 1.33 bits per heavy atom. The second-order valence-corrected chi connectivity index (χ2v) is 8.57. The van der Waals surface area contributed by atoms with Gasteiger partial charge in [-0.2, -0.15) is 0 Å². The second-order valence-electron chi connectivity index (χ2n) is 6.23. The van der Waals surface area contributed by atoms with Gasteiger partial charge in [-0.3, -0.25) is 9.59 Å². The van der Waals surface area contributed by atoms with E-state index < -0.39 is 5.92 Å². The fraction of sp³-hybridized carbons (Fsp3) is 0.211. The molecule has 2 heterocycles. The highest BCUT2D eigenvalue weighted by Gasteiger charge is 2.35. The smallest absolute Gasteiger partial charge is 0.231 e. The first-order valence-electron chi connectivity index (χ1n) is 8.35. The molecule has 0 unspecified atom stereocenters. The van der Waals surface area contributed by atoms with E-state index >= 15 is 0 Å². The summed E-state index contributed by atoms with van der Waals surface area (Å²) in [5.41, 5.74) is 1.62. The zero-order valence-corrected chi connectivity index (χ0v) is 16.8. The molecule has 3 aromatic rings. The molecule has 8 heteroatoms. The Bertz CT molecular complexity index is 1040. The Labute approximate surface area is 169 Å². The Balaban J connectivity index is 1.48. The number of anilines is 2. The van der Waals surface area contributed by atoms with Crippen molar-refractivity contribution in [2.45, 2.75) is 11.3 Å². The third-order valence-corrected chi connectivity index (χ3v) is 6.34. The van der Waals surface area contributed by atoms with Crippen molar-refractivity contribution in [3.05, 3.63) is 47.5 Å². The lowest BCUT2D eigenvalue weighted by atomic mass is 10.1. The first-order chi connectivity index (χ1) is 13.0. The molecule has 4 rings (SSSR count). The number of benzene rings is 2. The standard InChI is InChI=1S/C19H16ClN3O2S2/c1-26-14-4-2-3-13(9-14)23-10-11(7-17(23)24)18(25)22-19-21-15-6-5-12(20)8-16(15)27-19/h2-6,8-9,11H,7,10H2,1H3,(H,21,22,25)/t11-/m0/s1. The number of amides is 2. The van der Waals surface area contributed by atoms with Gasteiger partial charge in [-0.05, 0) is 42.7 Å². The minimum Gasteiger partial charge on any atom is -0.312 e. The molecule has 0 radical (unpaired) electrons. The first-order valence-corrected chi connectivity index (χ1v) is 10.8. The van der Waals surface area contributed by atoms with Crippen molar-refractivity contribution in [1.82, 2.24) is 4.98 Å². The molecule has 0 bridgehead atoms. The van der Waals surface area contributed by atoms with Crippen LogP contribution in [0.4, 0.5) is 10.8 Å². The van der Waals surface area contributed by atoms with E-state index in [0.29, 0.717) is 16.7 Å². The molecule has 1 aliphatic rings. The van der Waals surface area contributed by atoms with E-state index in [4.69, 9.17) is 11.6 Å². The SMILES string of the molecule is CSc1cccc(N2C[C@@H](C(=O)Nc3nc4ccc(Cl)cc4s3)CC2=O)c1. The summed E-state index contributed by atoms with van der Waals surface area (Å²) in [5.74, 6) is -0.618. The lowest BCUT2D eigenvalue weighted by Crippen LogP contribution is -2.28. The summed E-state index contributed by atoms with van der Waals surface area (Å²) in [6.45, 7) is 0.374. The highest BCUT2D eigenvalue weighted by molar-refractivity contribution is 7.98. The minimum atomic E-state index is -0.397. The Kier molecular flexibility index (Phi) is 5.08. The van der Waals surface area contributed by atoms with Crippen molar-refractivity contribution in [2.24, 2.45) is 5.92 Å². The lowest BCUT2D eigenvalue weighted by molar-refractivity contribution is -0.122. The maximum Gasteiger partial charge on any atom is 0.231 e. The number of carbonyl (C=O) groups excluding carboxylic acids is 2. The molecular weight excluding hydrogens is 402 g/mol. The maximum atomic E-state index is 12.7. The van der Waals surface area contributed by atoms with E-state index in [9.17, 15) is 9.59 Å². The number of hydrogen-bond acceptors (Lipinski definition) is 5. The number of carbonyl (C=O) groups is 2. The monoisotopic (exact) mass is 417 g/mol. The average Bonchev–Trinajstić information content (AvgIpc) is 3.24. The van der Waals surface area contributed by atoms with Crippen LogP contribution in [-0.4, -0.2) is 29.6 Å². The summed E-state index contributed by atoms with van der Waals surface area (Å²) < 4.78 is 0.913. The average molecular weight is 418 g/mol. The number of thioether (sulfide) groups is 1. The van der Waals surface area contributed by atoms with Gasteiger partial charge < -0.3 is 10.2 Å². The third kappa shape index (κ3) is 3.81. The van der Waals surface area contributed by atoms with Crippen LogP contribution in [0.1, 0.15) is 6.42 Å². The third-order valence-electron chi connectivity index (χ3n) is 4.44. The van der Waals surface area contributed by atoms with Crippen LogP contribution in [0, 0.1) is 5.92 Å². The molecular formula is C19H16ClN3O2S2. The van der Waals surface area contributed by atoms with E-state index in [-0.39, 0.29) is 18.2 Å². The van der Waals surface area contributed by atoms with Gasteiger partial charge in [0.15, 0.2) is 5.13 Å². The van der Waals surface area contributed by atoms with Crippen LogP contribution in [0.15, 0.2) is 47.4 Å². The maximum absolute atomic E-state index is 12.7. The topological polar surface area (TPSA) is 62.3 Å². The molecule has 27 heavy (non-hydrogen) atoms. The fourth-order valence-electron chi connectivity index (χ4n) is 3.07. The highest BCUT2D eigenvalue weighted by Crippen LogP contribution is 2.31.